The number of aromatic amines is 1. The molecule has 0 bridgehead atoms. The van der Waals surface area contributed by atoms with Gasteiger partial charge >= 0.3 is 0 Å². The standard InChI is InChI=1S/C10H10N2O2/c11-4-7-9-6(1-2-12-9)3-8-10(7)14-5-13-8/h1-3,12H,4-5,11H2. The number of hydrogen-bond acceptors (Lipinski definition) is 3. The van der Waals surface area contributed by atoms with Crippen LogP contribution >= 0.6 is 0 Å². The van der Waals surface area contributed by atoms with E-state index < -0.39 is 0 Å². The first kappa shape index (κ1) is 7.70. The lowest BCUT2D eigenvalue weighted by atomic mass is 10.1. The number of nitrogens with two attached hydrogens (primary N) is 1. The Morgan fingerprint density at radius 1 is 1.43 bits per heavy atom. The summed E-state index contributed by atoms with van der Waals surface area (Å²) in [5.41, 5.74) is 7.72. The van der Waals surface area contributed by atoms with E-state index in [2.05, 4.69) is 4.98 Å². The van der Waals surface area contributed by atoms with E-state index in [-0.39, 0.29) is 6.79 Å². The number of H-pyrrole nitrogens is 1. The molecule has 1 aromatic carbocycles. The van der Waals surface area contributed by atoms with Gasteiger partial charge in [-0.25, -0.2) is 0 Å². The minimum atomic E-state index is 0.287. The fourth-order valence-corrected chi connectivity index (χ4v) is 1.84. The van der Waals surface area contributed by atoms with E-state index in [0.717, 1.165) is 28.0 Å². The Morgan fingerprint density at radius 3 is 3.21 bits per heavy atom. The Labute approximate surface area is 80.6 Å². The van der Waals surface area contributed by atoms with Crippen molar-refractivity contribution in [2.45, 2.75) is 6.54 Å². The maximum Gasteiger partial charge on any atom is 0.231 e. The van der Waals surface area contributed by atoms with E-state index in [4.69, 9.17) is 15.2 Å². The van der Waals surface area contributed by atoms with Gasteiger partial charge in [0.2, 0.25) is 6.79 Å². The molecule has 0 radical (unpaired) electrons. The van der Waals surface area contributed by atoms with Crippen molar-refractivity contribution in [2.24, 2.45) is 5.73 Å². The van der Waals surface area contributed by atoms with Crippen LogP contribution in [0.5, 0.6) is 11.5 Å². The zero-order valence-electron chi connectivity index (χ0n) is 7.54. The van der Waals surface area contributed by atoms with Crippen LogP contribution in [0.15, 0.2) is 18.3 Å². The van der Waals surface area contributed by atoms with E-state index >= 15 is 0 Å². The largest absolute Gasteiger partial charge is 0.454 e. The molecule has 1 aliphatic rings. The van der Waals surface area contributed by atoms with Crippen LogP contribution < -0.4 is 15.2 Å². The third-order valence-electron chi connectivity index (χ3n) is 2.49. The second-order valence-corrected chi connectivity index (χ2v) is 3.23. The minimum Gasteiger partial charge on any atom is -0.454 e. The summed E-state index contributed by atoms with van der Waals surface area (Å²) in [5, 5.41) is 1.11. The van der Waals surface area contributed by atoms with Crippen molar-refractivity contribution in [1.82, 2.24) is 4.98 Å². The fourth-order valence-electron chi connectivity index (χ4n) is 1.84. The van der Waals surface area contributed by atoms with Gasteiger partial charge in [-0.3, -0.25) is 0 Å². The van der Waals surface area contributed by atoms with Crippen LogP contribution in [0.3, 0.4) is 0 Å². The zero-order chi connectivity index (χ0) is 9.54. The monoisotopic (exact) mass is 190 g/mol. The molecule has 14 heavy (non-hydrogen) atoms. The number of aromatic nitrogens is 1. The number of nitrogens with one attached hydrogen (secondary N) is 1. The summed E-state index contributed by atoms with van der Waals surface area (Å²) in [5.74, 6) is 1.57. The third-order valence-corrected chi connectivity index (χ3v) is 2.49. The van der Waals surface area contributed by atoms with Crippen molar-refractivity contribution < 1.29 is 9.47 Å². The SMILES string of the molecule is NCc1c2c(cc3cc[nH]c13)OCO2. The number of ether oxygens (including phenoxy) is 2. The molecule has 72 valence electrons. The number of hydrogen-bond donors (Lipinski definition) is 2. The van der Waals surface area contributed by atoms with Gasteiger partial charge in [-0.2, -0.15) is 0 Å². The molecule has 0 saturated carbocycles. The Bertz CT molecular complexity index is 490. The van der Waals surface area contributed by atoms with Gasteiger partial charge in [0.05, 0.1) is 5.52 Å². The molecule has 0 unspecified atom stereocenters. The summed E-state index contributed by atoms with van der Waals surface area (Å²) < 4.78 is 10.7. The molecule has 1 aromatic heterocycles. The van der Waals surface area contributed by atoms with E-state index in [0.29, 0.717) is 6.54 Å². The molecule has 0 amide bonds. The van der Waals surface area contributed by atoms with Gasteiger partial charge in [0, 0.05) is 23.7 Å². The Kier molecular flexibility index (Phi) is 1.46. The Balaban J connectivity index is 2.40. The summed E-state index contributed by atoms with van der Waals surface area (Å²) in [6.45, 7) is 0.735. The zero-order valence-corrected chi connectivity index (χ0v) is 7.54. The Morgan fingerprint density at radius 2 is 2.36 bits per heavy atom. The number of benzene rings is 1. The first-order valence-electron chi connectivity index (χ1n) is 4.49. The quantitative estimate of drug-likeness (QED) is 0.713. The first-order chi connectivity index (χ1) is 6.90. The van der Waals surface area contributed by atoms with Crippen LogP contribution in [0, 0.1) is 0 Å². The smallest absolute Gasteiger partial charge is 0.231 e. The molecule has 1 aliphatic heterocycles. The molecular formula is C10H10N2O2. The van der Waals surface area contributed by atoms with Gasteiger partial charge in [-0.1, -0.05) is 0 Å². The highest BCUT2D eigenvalue weighted by atomic mass is 16.7. The lowest BCUT2D eigenvalue weighted by Crippen LogP contribution is -2.00. The van der Waals surface area contributed by atoms with Crippen LogP contribution in [0.1, 0.15) is 5.56 Å². The summed E-state index contributed by atoms with van der Waals surface area (Å²) in [6.07, 6.45) is 1.89. The van der Waals surface area contributed by atoms with Crippen molar-refractivity contribution in [3.05, 3.63) is 23.9 Å². The van der Waals surface area contributed by atoms with E-state index in [9.17, 15) is 0 Å². The number of fused-ring (bicyclic) bond motifs is 2. The van der Waals surface area contributed by atoms with Crippen molar-refractivity contribution in [3.63, 3.8) is 0 Å². The fraction of sp³-hybridized carbons (Fsp3) is 0.200. The summed E-state index contributed by atoms with van der Waals surface area (Å²) in [4.78, 5) is 3.15. The highest BCUT2D eigenvalue weighted by molar-refractivity contribution is 5.87. The van der Waals surface area contributed by atoms with Crippen LogP contribution in [-0.2, 0) is 6.54 Å². The van der Waals surface area contributed by atoms with Gasteiger partial charge < -0.3 is 20.2 Å². The molecule has 3 rings (SSSR count). The summed E-state index contributed by atoms with van der Waals surface area (Å²) in [6, 6.07) is 3.96. The van der Waals surface area contributed by atoms with Crippen LogP contribution in [-0.4, -0.2) is 11.8 Å². The highest BCUT2D eigenvalue weighted by Crippen LogP contribution is 2.39. The molecule has 0 fully saturated rings. The molecule has 0 aliphatic carbocycles. The van der Waals surface area contributed by atoms with Gasteiger partial charge in [0.1, 0.15) is 0 Å². The lowest BCUT2D eigenvalue weighted by Gasteiger charge is -2.04. The molecule has 3 N–H and O–H groups in total. The predicted molar refractivity (Wildman–Crippen MR) is 52.3 cm³/mol. The second-order valence-electron chi connectivity index (χ2n) is 3.23. The molecular weight excluding hydrogens is 180 g/mol. The molecule has 4 heteroatoms. The summed E-state index contributed by atoms with van der Waals surface area (Å²) >= 11 is 0. The molecule has 0 spiro atoms. The molecule has 0 atom stereocenters. The van der Waals surface area contributed by atoms with Crippen LogP contribution in [0.25, 0.3) is 10.9 Å². The molecule has 4 nitrogen and oxygen atoms in total. The molecule has 2 heterocycles. The maximum atomic E-state index is 5.69. The van der Waals surface area contributed by atoms with Gasteiger partial charge in [0.15, 0.2) is 11.5 Å². The van der Waals surface area contributed by atoms with E-state index in [1.807, 2.05) is 18.3 Å². The predicted octanol–water partition coefficient (Wildman–Crippen LogP) is 1.36. The van der Waals surface area contributed by atoms with Gasteiger partial charge in [-0.05, 0) is 12.1 Å². The van der Waals surface area contributed by atoms with Crippen LogP contribution in [0.2, 0.25) is 0 Å². The van der Waals surface area contributed by atoms with Gasteiger partial charge in [0.25, 0.3) is 0 Å². The summed E-state index contributed by atoms with van der Waals surface area (Å²) in [7, 11) is 0. The van der Waals surface area contributed by atoms with E-state index in [1.165, 1.54) is 0 Å². The van der Waals surface area contributed by atoms with Crippen LogP contribution in [0.4, 0.5) is 0 Å². The van der Waals surface area contributed by atoms with Crippen molar-refractivity contribution in [2.75, 3.05) is 6.79 Å². The van der Waals surface area contributed by atoms with Gasteiger partial charge in [-0.15, -0.1) is 0 Å². The first-order valence-corrected chi connectivity index (χ1v) is 4.49. The van der Waals surface area contributed by atoms with E-state index in [1.54, 1.807) is 0 Å². The highest BCUT2D eigenvalue weighted by Gasteiger charge is 2.20. The normalized spacial score (nSPS) is 13.8. The van der Waals surface area contributed by atoms with Crippen molar-refractivity contribution >= 4 is 10.9 Å². The third kappa shape index (κ3) is 0.858. The van der Waals surface area contributed by atoms with Crippen molar-refractivity contribution in [3.8, 4) is 11.5 Å². The second kappa shape index (κ2) is 2.65. The number of rotatable bonds is 1. The minimum absolute atomic E-state index is 0.287. The Hall–Kier alpha value is -1.68. The molecule has 2 aromatic rings. The maximum absolute atomic E-state index is 5.69. The topological polar surface area (TPSA) is 60.3 Å². The van der Waals surface area contributed by atoms with Crippen molar-refractivity contribution in [1.29, 1.82) is 0 Å². The molecule has 0 saturated heterocycles. The average molecular weight is 190 g/mol. The average Bonchev–Trinajstić information content (AvgIpc) is 2.80. The lowest BCUT2D eigenvalue weighted by molar-refractivity contribution is 0.173.